The summed E-state index contributed by atoms with van der Waals surface area (Å²) < 4.78 is 14.2. The zero-order valence-electron chi connectivity index (χ0n) is 11.3. The number of nitrogens with zero attached hydrogens (tertiary/aromatic N) is 1. The summed E-state index contributed by atoms with van der Waals surface area (Å²) in [7, 11) is 0. The Morgan fingerprint density at radius 3 is 2.55 bits per heavy atom. The number of aliphatic hydroxyl groups is 2. The molecule has 0 aliphatic rings. The maximum atomic E-state index is 14.2. The van der Waals surface area contributed by atoms with Gasteiger partial charge in [-0.25, -0.2) is 4.39 Å². The highest BCUT2D eigenvalue weighted by molar-refractivity contribution is 5.97. The van der Waals surface area contributed by atoms with Crippen molar-refractivity contribution < 1.29 is 19.8 Å². The summed E-state index contributed by atoms with van der Waals surface area (Å²) in [6.07, 6.45) is 0.488. The second-order valence-corrected chi connectivity index (χ2v) is 4.57. The third-order valence-electron chi connectivity index (χ3n) is 3.40. The number of halogens is 1. The molecule has 0 fully saturated rings. The van der Waals surface area contributed by atoms with Crippen molar-refractivity contribution in [1.29, 1.82) is 0 Å². The van der Waals surface area contributed by atoms with Crippen molar-refractivity contribution >= 4 is 5.84 Å². The van der Waals surface area contributed by atoms with Crippen molar-refractivity contribution in [3.8, 4) is 0 Å². The van der Waals surface area contributed by atoms with Crippen molar-refractivity contribution in [1.82, 2.24) is 5.32 Å². The van der Waals surface area contributed by atoms with Crippen LogP contribution in [0, 0.1) is 5.82 Å². The van der Waals surface area contributed by atoms with Crippen LogP contribution in [-0.4, -0.2) is 40.0 Å². The molecule has 7 heteroatoms. The summed E-state index contributed by atoms with van der Waals surface area (Å²) in [5.74, 6) is -0.911. The van der Waals surface area contributed by atoms with Crippen LogP contribution in [0.15, 0.2) is 23.4 Å². The van der Waals surface area contributed by atoms with Gasteiger partial charge in [-0.2, -0.15) is 0 Å². The van der Waals surface area contributed by atoms with Crippen LogP contribution in [0.1, 0.15) is 24.5 Å². The van der Waals surface area contributed by atoms with E-state index in [0.29, 0.717) is 12.0 Å². The highest BCUT2D eigenvalue weighted by Crippen LogP contribution is 2.15. The lowest BCUT2D eigenvalue weighted by Crippen LogP contribution is -2.50. The number of nitrogens with two attached hydrogens (primary N) is 1. The molecule has 6 N–H and O–H groups in total. The second kappa shape index (κ2) is 7.18. The highest BCUT2D eigenvalue weighted by Gasteiger charge is 2.26. The Balaban J connectivity index is 2.94. The van der Waals surface area contributed by atoms with Crippen molar-refractivity contribution in [2.45, 2.75) is 25.4 Å². The van der Waals surface area contributed by atoms with E-state index in [2.05, 4.69) is 10.5 Å². The number of aliphatic hydroxyl groups excluding tert-OH is 2. The number of hydrogen-bond donors (Lipinski definition) is 5. The maximum absolute atomic E-state index is 14.2. The summed E-state index contributed by atoms with van der Waals surface area (Å²) in [6, 6.07) is 4.53. The molecular formula is C13H20FN3O3. The Hall–Kier alpha value is -1.70. The van der Waals surface area contributed by atoms with Crippen LogP contribution in [0.3, 0.4) is 0 Å². The minimum atomic E-state index is -0.862. The van der Waals surface area contributed by atoms with Crippen molar-refractivity contribution in [3.05, 3.63) is 35.1 Å². The lowest BCUT2D eigenvalue weighted by Gasteiger charge is -2.30. The minimum absolute atomic E-state index is 0.00176. The number of amidine groups is 1. The van der Waals surface area contributed by atoms with Gasteiger partial charge >= 0.3 is 0 Å². The van der Waals surface area contributed by atoms with Crippen LogP contribution >= 0.6 is 0 Å². The fourth-order valence-electron chi connectivity index (χ4n) is 1.76. The lowest BCUT2D eigenvalue weighted by atomic mass is 9.97. The van der Waals surface area contributed by atoms with Gasteiger partial charge in [-0.15, -0.1) is 0 Å². The molecule has 0 bridgehead atoms. The summed E-state index contributed by atoms with van der Waals surface area (Å²) in [5, 5.41) is 32.9. The molecule has 1 aromatic carbocycles. The SMILES string of the molecule is CCC(CO)(CO)NCc1cccc(/C(N)=N/O)c1F. The first-order valence-electron chi connectivity index (χ1n) is 6.25. The Labute approximate surface area is 116 Å². The Morgan fingerprint density at radius 1 is 1.40 bits per heavy atom. The zero-order chi connectivity index (χ0) is 15.2. The van der Waals surface area contributed by atoms with Crippen LogP contribution in [0.2, 0.25) is 0 Å². The number of nitrogens with one attached hydrogen (secondary N) is 1. The molecular weight excluding hydrogens is 265 g/mol. The highest BCUT2D eigenvalue weighted by atomic mass is 19.1. The third-order valence-corrected chi connectivity index (χ3v) is 3.40. The molecule has 112 valence electrons. The van der Waals surface area contributed by atoms with Crippen LogP contribution in [0.4, 0.5) is 4.39 Å². The summed E-state index contributed by atoms with van der Waals surface area (Å²) >= 11 is 0. The number of oxime groups is 1. The average Bonchev–Trinajstić information content (AvgIpc) is 2.49. The van der Waals surface area contributed by atoms with Crippen molar-refractivity contribution in [2.75, 3.05) is 13.2 Å². The standard InChI is InChI=1S/C13H20FN3O3/c1-2-13(7-18,8-19)16-6-9-4-3-5-10(11(9)14)12(15)17-20/h3-5,16,18-20H,2,6-8H2,1H3,(H2,15,17). The first kappa shape index (κ1) is 16.4. The van der Waals surface area contributed by atoms with Gasteiger partial charge in [0.05, 0.1) is 24.3 Å². The van der Waals surface area contributed by atoms with Gasteiger partial charge in [0.25, 0.3) is 0 Å². The lowest BCUT2D eigenvalue weighted by molar-refractivity contribution is 0.0861. The molecule has 0 saturated carbocycles. The molecule has 0 atom stereocenters. The summed E-state index contributed by atoms with van der Waals surface area (Å²) in [4.78, 5) is 0. The summed E-state index contributed by atoms with van der Waals surface area (Å²) in [6.45, 7) is 1.39. The molecule has 6 nitrogen and oxygen atoms in total. The van der Waals surface area contributed by atoms with Crippen LogP contribution < -0.4 is 11.1 Å². The fraction of sp³-hybridized carbons (Fsp3) is 0.462. The largest absolute Gasteiger partial charge is 0.409 e. The van der Waals surface area contributed by atoms with Crippen LogP contribution in [0.25, 0.3) is 0 Å². The van der Waals surface area contributed by atoms with E-state index in [1.807, 2.05) is 6.92 Å². The number of benzene rings is 1. The number of rotatable bonds is 7. The molecule has 20 heavy (non-hydrogen) atoms. The maximum Gasteiger partial charge on any atom is 0.173 e. The molecule has 0 aliphatic carbocycles. The third kappa shape index (κ3) is 3.44. The molecule has 1 rings (SSSR count). The Kier molecular flexibility index (Phi) is 5.87. The quantitative estimate of drug-likeness (QED) is 0.212. The predicted octanol–water partition coefficient (Wildman–Crippen LogP) is 0.143. The molecule has 0 aliphatic heterocycles. The van der Waals surface area contributed by atoms with E-state index in [1.165, 1.54) is 6.07 Å². The Morgan fingerprint density at radius 2 is 2.05 bits per heavy atom. The molecule has 1 aromatic rings. The molecule has 0 saturated heterocycles. The van der Waals surface area contributed by atoms with E-state index < -0.39 is 11.4 Å². The molecule has 0 amide bonds. The van der Waals surface area contributed by atoms with Gasteiger partial charge in [-0.3, -0.25) is 0 Å². The average molecular weight is 285 g/mol. The van der Waals surface area contributed by atoms with E-state index in [-0.39, 0.29) is 31.2 Å². The van der Waals surface area contributed by atoms with E-state index in [4.69, 9.17) is 10.9 Å². The molecule has 0 radical (unpaired) electrons. The molecule has 0 aromatic heterocycles. The number of hydrogen-bond acceptors (Lipinski definition) is 5. The van der Waals surface area contributed by atoms with E-state index in [0.717, 1.165) is 0 Å². The van der Waals surface area contributed by atoms with Crippen LogP contribution in [0.5, 0.6) is 0 Å². The van der Waals surface area contributed by atoms with Crippen LogP contribution in [-0.2, 0) is 6.54 Å². The topological polar surface area (TPSA) is 111 Å². The van der Waals surface area contributed by atoms with Gasteiger partial charge in [0.1, 0.15) is 5.82 Å². The minimum Gasteiger partial charge on any atom is -0.409 e. The molecule has 0 unspecified atom stereocenters. The fourth-order valence-corrected chi connectivity index (χ4v) is 1.76. The van der Waals surface area contributed by atoms with Gasteiger partial charge in [0.15, 0.2) is 5.84 Å². The van der Waals surface area contributed by atoms with Gasteiger partial charge in [0, 0.05) is 12.1 Å². The van der Waals surface area contributed by atoms with Gasteiger partial charge in [0.2, 0.25) is 0 Å². The molecule has 0 heterocycles. The van der Waals surface area contributed by atoms with E-state index >= 15 is 0 Å². The monoisotopic (exact) mass is 285 g/mol. The zero-order valence-corrected chi connectivity index (χ0v) is 11.3. The smallest absolute Gasteiger partial charge is 0.173 e. The first-order chi connectivity index (χ1) is 9.53. The van der Waals surface area contributed by atoms with E-state index in [9.17, 15) is 14.6 Å². The first-order valence-corrected chi connectivity index (χ1v) is 6.25. The van der Waals surface area contributed by atoms with Crippen molar-refractivity contribution in [3.63, 3.8) is 0 Å². The van der Waals surface area contributed by atoms with Gasteiger partial charge < -0.3 is 26.5 Å². The predicted molar refractivity (Wildman–Crippen MR) is 72.9 cm³/mol. The summed E-state index contributed by atoms with van der Waals surface area (Å²) in [5.41, 5.74) is 4.82. The van der Waals surface area contributed by atoms with E-state index in [1.54, 1.807) is 12.1 Å². The second-order valence-electron chi connectivity index (χ2n) is 4.57. The normalized spacial score (nSPS) is 12.7. The van der Waals surface area contributed by atoms with Gasteiger partial charge in [-0.1, -0.05) is 24.2 Å². The van der Waals surface area contributed by atoms with Gasteiger partial charge in [-0.05, 0) is 12.5 Å². The van der Waals surface area contributed by atoms with Crippen molar-refractivity contribution in [2.24, 2.45) is 10.9 Å². The molecule has 0 spiro atoms. The Bertz CT molecular complexity index is 468.